The minimum Gasteiger partial charge on any atom is -0.329 e. The lowest BCUT2D eigenvalue weighted by atomic mass is 10.3. The van der Waals surface area contributed by atoms with E-state index in [1.165, 1.54) is 0 Å². The van der Waals surface area contributed by atoms with Crippen LogP contribution in [0.3, 0.4) is 0 Å². The first-order valence-electron chi connectivity index (χ1n) is 4.11. The average molecular weight is 209 g/mol. The fourth-order valence-corrected chi connectivity index (χ4v) is 1.34. The van der Waals surface area contributed by atoms with Gasteiger partial charge < -0.3 is 4.98 Å². The monoisotopic (exact) mass is 209 g/mol. The number of H-pyrrole nitrogens is 1. The minimum atomic E-state index is -0.563. The van der Waals surface area contributed by atoms with Gasteiger partial charge in [0.25, 0.3) is 0 Å². The van der Waals surface area contributed by atoms with Crippen LogP contribution in [0.5, 0.6) is 0 Å². The molecule has 0 aromatic carbocycles. The molecule has 2 heterocycles. The second-order valence-electron chi connectivity index (χ2n) is 3.12. The normalized spacial score (nSPS) is 10.8. The maximum absolute atomic E-state index is 13.1. The summed E-state index contributed by atoms with van der Waals surface area (Å²) < 4.78 is 13.6. The molecule has 0 amide bonds. The zero-order valence-corrected chi connectivity index (χ0v) is 8.57. The van der Waals surface area contributed by atoms with E-state index in [1.54, 1.807) is 13.0 Å². The Balaban J connectivity index is 2.90. The molecule has 1 N–H and O–H groups in total. The Bertz CT molecular complexity index is 562. The molecule has 0 fully saturated rings. The van der Waals surface area contributed by atoms with E-state index in [4.69, 9.17) is 12.2 Å². The molecule has 0 bridgehead atoms. The van der Waals surface area contributed by atoms with Crippen molar-refractivity contribution in [1.29, 1.82) is 0 Å². The summed E-state index contributed by atoms with van der Waals surface area (Å²) in [7, 11) is 0. The van der Waals surface area contributed by atoms with Crippen molar-refractivity contribution in [2.24, 2.45) is 0 Å². The number of halogens is 1. The molecule has 0 radical (unpaired) electrons. The molecule has 0 saturated heterocycles. The number of aromatic nitrogens is 3. The molecule has 2 aromatic heterocycles. The molecule has 2 rings (SSSR count). The van der Waals surface area contributed by atoms with Crippen molar-refractivity contribution in [1.82, 2.24) is 15.0 Å². The lowest BCUT2D eigenvalue weighted by Gasteiger charge is -2.01. The van der Waals surface area contributed by atoms with Crippen molar-refractivity contribution in [3.63, 3.8) is 0 Å². The Morgan fingerprint density at radius 1 is 1.36 bits per heavy atom. The number of aromatic amines is 1. The van der Waals surface area contributed by atoms with Crippen LogP contribution in [-0.2, 0) is 0 Å². The van der Waals surface area contributed by atoms with Crippen molar-refractivity contribution in [3.8, 4) is 0 Å². The Morgan fingerprint density at radius 2 is 2.07 bits per heavy atom. The van der Waals surface area contributed by atoms with Crippen LogP contribution in [0.15, 0.2) is 6.07 Å². The fraction of sp³-hybridized carbons (Fsp3) is 0.222. The molecule has 0 spiro atoms. The Morgan fingerprint density at radius 3 is 2.79 bits per heavy atom. The average Bonchev–Trinajstić information content (AvgIpc) is 2.11. The molecule has 5 heteroatoms. The van der Waals surface area contributed by atoms with Crippen molar-refractivity contribution in [2.45, 2.75) is 13.8 Å². The number of nitrogens with one attached hydrogen (secondary N) is 1. The van der Waals surface area contributed by atoms with Crippen LogP contribution in [0.25, 0.3) is 11.2 Å². The van der Waals surface area contributed by atoms with Gasteiger partial charge in [0.2, 0.25) is 5.95 Å². The number of nitrogens with zero attached hydrogens (tertiary/aromatic N) is 2. The standard InChI is InChI=1S/C9H8FN3S/c1-4-3-6-8(13-9(4)14)12-7(10)5(2)11-6/h3H,1-2H3,(H,12,13,14). The van der Waals surface area contributed by atoms with Crippen LogP contribution in [0.2, 0.25) is 0 Å². The Kier molecular flexibility index (Phi) is 2.03. The summed E-state index contributed by atoms with van der Waals surface area (Å²) in [5.41, 5.74) is 2.23. The summed E-state index contributed by atoms with van der Waals surface area (Å²) in [5.74, 6) is -0.563. The first-order chi connectivity index (χ1) is 6.58. The number of aryl methyl sites for hydroxylation is 2. The second kappa shape index (κ2) is 3.09. The first-order valence-corrected chi connectivity index (χ1v) is 4.52. The van der Waals surface area contributed by atoms with Gasteiger partial charge in [0.15, 0.2) is 5.65 Å². The number of hydrogen-bond acceptors (Lipinski definition) is 3. The van der Waals surface area contributed by atoms with Crippen LogP contribution in [0.4, 0.5) is 4.39 Å². The number of rotatable bonds is 0. The molecule has 2 aromatic rings. The summed E-state index contributed by atoms with van der Waals surface area (Å²) in [6.07, 6.45) is 0. The highest BCUT2D eigenvalue weighted by molar-refractivity contribution is 7.71. The third kappa shape index (κ3) is 1.39. The minimum absolute atomic E-state index is 0.294. The molecule has 0 aliphatic carbocycles. The predicted octanol–water partition coefficient (Wildman–Crippen LogP) is 2.44. The van der Waals surface area contributed by atoms with E-state index >= 15 is 0 Å². The maximum atomic E-state index is 13.1. The lowest BCUT2D eigenvalue weighted by Crippen LogP contribution is -1.97. The van der Waals surface area contributed by atoms with Crippen LogP contribution in [-0.4, -0.2) is 15.0 Å². The van der Waals surface area contributed by atoms with Crippen molar-refractivity contribution in [2.75, 3.05) is 0 Å². The van der Waals surface area contributed by atoms with Crippen LogP contribution >= 0.6 is 12.2 Å². The topological polar surface area (TPSA) is 41.6 Å². The highest BCUT2D eigenvalue weighted by Gasteiger charge is 2.04. The van der Waals surface area contributed by atoms with Crippen LogP contribution < -0.4 is 0 Å². The zero-order valence-electron chi connectivity index (χ0n) is 7.76. The lowest BCUT2D eigenvalue weighted by molar-refractivity contribution is 0.570. The van der Waals surface area contributed by atoms with Gasteiger partial charge in [-0.15, -0.1) is 0 Å². The highest BCUT2D eigenvalue weighted by Crippen LogP contribution is 2.11. The van der Waals surface area contributed by atoms with Gasteiger partial charge in [-0.25, -0.2) is 4.98 Å². The molecule has 0 atom stereocenters. The highest BCUT2D eigenvalue weighted by atomic mass is 32.1. The number of pyridine rings is 1. The number of hydrogen-bond donors (Lipinski definition) is 1. The van der Waals surface area contributed by atoms with Gasteiger partial charge in [-0.05, 0) is 25.5 Å². The molecule has 14 heavy (non-hydrogen) atoms. The van der Waals surface area contributed by atoms with Crippen LogP contribution in [0.1, 0.15) is 11.3 Å². The van der Waals surface area contributed by atoms with Gasteiger partial charge >= 0.3 is 0 Å². The van der Waals surface area contributed by atoms with E-state index < -0.39 is 5.95 Å². The molecule has 0 aliphatic heterocycles. The summed E-state index contributed by atoms with van der Waals surface area (Å²) in [6.45, 7) is 3.46. The van der Waals surface area contributed by atoms with E-state index in [2.05, 4.69) is 15.0 Å². The van der Waals surface area contributed by atoms with E-state index in [0.29, 0.717) is 21.5 Å². The molecule has 72 valence electrons. The van der Waals surface area contributed by atoms with Crippen LogP contribution in [0, 0.1) is 24.4 Å². The second-order valence-corrected chi connectivity index (χ2v) is 3.52. The van der Waals surface area contributed by atoms with Crippen molar-refractivity contribution < 1.29 is 4.39 Å². The molecule has 0 aliphatic rings. The van der Waals surface area contributed by atoms with Crippen molar-refractivity contribution >= 4 is 23.4 Å². The smallest absolute Gasteiger partial charge is 0.236 e. The van der Waals surface area contributed by atoms with Gasteiger partial charge in [-0.2, -0.15) is 9.37 Å². The van der Waals surface area contributed by atoms with E-state index in [1.807, 2.05) is 6.92 Å². The SMILES string of the molecule is Cc1nc2cc(C)c(=S)[nH]c2nc1F. The van der Waals surface area contributed by atoms with E-state index in [-0.39, 0.29) is 0 Å². The quantitative estimate of drug-likeness (QED) is 0.677. The summed E-state index contributed by atoms with van der Waals surface area (Å²) in [5, 5.41) is 0. The van der Waals surface area contributed by atoms with E-state index in [0.717, 1.165) is 5.56 Å². The third-order valence-corrected chi connectivity index (χ3v) is 2.41. The predicted molar refractivity (Wildman–Crippen MR) is 54.2 cm³/mol. The molecular formula is C9H8FN3S. The van der Waals surface area contributed by atoms with Gasteiger partial charge in [-0.3, -0.25) is 0 Å². The van der Waals surface area contributed by atoms with E-state index in [9.17, 15) is 4.39 Å². The largest absolute Gasteiger partial charge is 0.329 e. The van der Waals surface area contributed by atoms with Crippen molar-refractivity contribution in [3.05, 3.63) is 27.9 Å². The van der Waals surface area contributed by atoms with Gasteiger partial charge in [0, 0.05) is 0 Å². The van der Waals surface area contributed by atoms with Gasteiger partial charge in [0.05, 0.1) is 5.69 Å². The molecule has 3 nitrogen and oxygen atoms in total. The Hall–Kier alpha value is -1.36. The third-order valence-electron chi connectivity index (χ3n) is 1.98. The first kappa shape index (κ1) is 9.21. The van der Waals surface area contributed by atoms with Gasteiger partial charge in [-0.1, -0.05) is 12.2 Å². The molecule has 0 unspecified atom stereocenters. The maximum Gasteiger partial charge on any atom is 0.236 e. The summed E-state index contributed by atoms with van der Waals surface area (Å²) >= 11 is 5.01. The summed E-state index contributed by atoms with van der Waals surface area (Å²) in [4.78, 5) is 10.6. The molecule has 0 saturated carbocycles. The zero-order chi connectivity index (χ0) is 10.3. The Labute approximate surface area is 85.0 Å². The molecular weight excluding hydrogens is 201 g/mol. The number of fused-ring (bicyclic) bond motifs is 1. The van der Waals surface area contributed by atoms with Gasteiger partial charge in [0.1, 0.15) is 10.2 Å². The fourth-order valence-electron chi connectivity index (χ4n) is 1.19. The summed E-state index contributed by atoms with van der Waals surface area (Å²) in [6, 6.07) is 1.80.